The summed E-state index contributed by atoms with van der Waals surface area (Å²) in [5.41, 5.74) is 6.53. The minimum atomic E-state index is -3.32. The lowest BCUT2D eigenvalue weighted by molar-refractivity contribution is 0.0126. The average molecular weight is 298 g/mol. The van der Waals surface area contributed by atoms with Gasteiger partial charge in [0.15, 0.2) is 0 Å². The van der Waals surface area contributed by atoms with Gasteiger partial charge in [0.25, 0.3) is 0 Å². The maximum atomic E-state index is 12.3. The molecule has 1 aromatic rings. The number of rotatable bonds is 4. The molecule has 0 atom stereocenters. The summed E-state index contributed by atoms with van der Waals surface area (Å²) in [6.45, 7) is 2.98. The van der Waals surface area contributed by atoms with E-state index >= 15 is 0 Å². The van der Waals surface area contributed by atoms with Crippen LogP contribution in [0.5, 0.6) is 0 Å². The summed E-state index contributed by atoms with van der Waals surface area (Å²) in [5.74, 6) is -0.00000567. The van der Waals surface area contributed by atoms with E-state index in [2.05, 4.69) is 0 Å². The third-order valence-electron chi connectivity index (χ3n) is 3.80. The summed E-state index contributed by atoms with van der Waals surface area (Å²) >= 11 is 0. The first-order chi connectivity index (χ1) is 9.32. The Balaban J connectivity index is 2.03. The predicted octanol–water partition coefficient (Wildman–Crippen LogP) is 0.822. The van der Waals surface area contributed by atoms with Gasteiger partial charge in [-0.1, -0.05) is 24.3 Å². The van der Waals surface area contributed by atoms with Gasteiger partial charge < -0.3 is 10.8 Å². The Morgan fingerprint density at radius 1 is 1.20 bits per heavy atom. The molecule has 1 aliphatic heterocycles. The van der Waals surface area contributed by atoms with Crippen LogP contribution in [-0.2, 0) is 22.3 Å². The van der Waals surface area contributed by atoms with E-state index in [4.69, 9.17) is 5.73 Å². The van der Waals surface area contributed by atoms with E-state index in [1.54, 1.807) is 19.1 Å². The van der Waals surface area contributed by atoms with Crippen LogP contribution in [0.4, 0.5) is 0 Å². The number of aliphatic hydroxyl groups is 1. The summed E-state index contributed by atoms with van der Waals surface area (Å²) in [4.78, 5) is 0. The highest BCUT2D eigenvalue weighted by molar-refractivity contribution is 7.88. The molecule has 3 N–H and O–H groups in total. The van der Waals surface area contributed by atoms with Crippen molar-refractivity contribution in [1.29, 1.82) is 0 Å². The van der Waals surface area contributed by atoms with E-state index in [9.17, 15) is 13.5 Å². The Morgan fingerprint density at radius 2 is 1.70 bits per heavy atom. The summed E-state index contributed by atoms with van der Waals surface area (Å²) < 4.78 is 26.2. The Labute approximate surface area is 120 Å². The second-order valence-corrected chi connectivity index (χ2v) is 7.64. The van der Waals surface area contributed by atoms with Gasteiger partial charge in [0.1, 0.15) is 0 Å². The number of hydrogen-bond acceptors (Lipinski definition) is 4. The lowest BCUT2D eigenvalue weighted by Gasteiger charge is -2.35. The topological polar surface area (TPSA) is 83.6 Å². The van der Waals surface area contributed by atoms with E-state index in [0.717, 1.165) is 11.1 Å². The van der Waals surface area contributed by atoms with Gasteiger partial charge in [-0.15, -0.1) is 0 Å². The Kier molecular flexibility index (Phi) is 4.49. The van der Waals surface area contributed by atoms with Gasteiger partial charge in [-0.25, -0.2) is 12.7 Å². The highest BCUT2D eigenvalue weighted by atomic mass is 32.2. The number of sulfonamides is 1. The van der Waals surface area contributed by atoms with Crippen molar-refractivity contribution in [3.05, 3.63) is 35.4 Å². The zero-order valence-corrected chi connectivity index (χ0v) is 12.6. The second-order valence-electron chi connectivity index (χ2n) is 5.67. The molecule has 0 saturated carbocycles. The van der Waals surface area contributed by atoms with Crippen LogP contribution in [0.25, 0.3) is 0 Å². The van der Waals surface area contributed by atoms with Crippen LogP contribution in [0.2, 0.25) is 0 Å². The van der Waals surface area contributed by atoms with Crippen molar-refractivity contribution in [2.24, 2.45) is 5.73 Å². The number of hydrogen-bond donors (Lipinski definition) is 2. The van der Waals surface area contributed by atoms with Crippen molar-refractivity contribution >= 4 is 10.0 Å². The van der Waals surface area contributed by atoms with Gasteiger partial charge in [0.05, 0.1) is 11.4 Å². The minimum absolute atomic E-state index is 0.00000567. The highest BCUT2D eigenvalue weighted by Crippen LogP contribution is 2.24. The van der Waals surface area contributed by atoms with Crippen molar-refractivity contribution < 1.29 is 13.5 Å². The van der Waals surface area contributed by atoms with Gasteiger partial charge >= 0.3 is 0 Å². The van der Waals surface area contributed by atoms with Gasteiger partial charge in [0.2, 0.25) is 10.0 Å². The second kappa shape index (κ2) is 5.81. The molecule has 6 heteroatoms. The first kappa shape index (κ1) is 15.4. The molecule has 0 aromatic heterocycles. The van der Waals surface area contributed by atoms with Gasteiger partial charge in [-0.3, -0.25) is 0 Å². The fourth-order valence-corrected chi connectivity index (χ4v) is 3.85. The zero-order valence-electron chi connectivity index (χ0n) is 11.7. The molecule has 0 unspecified atom stereocenters. The molecule has 1 saturated heterocycles. The molecular weight excluding hydrogens is 276 g/mol. The molecule has 1 aromatic carbocycles. The van der Waals surface area contributed by atoms with Crippen molar-refractivity contribution in [2.45, 2.75) is 37.7 Å². The maximum Gasteiger partial charge on any atom is 0.218 e. The molecule has 0 bridgehead atoms. The monoisotopic (exact) mass is 298 g/mol. The molecule has 1 fully saturated rings. The van der Waals surface area contributed by atoms with Gasteiger partial charge in [-0.2, -0.15) is 0 Å². The molecule has 112 valence electrons. The first-order valence-electron chi connectivity index (χ1n) is 6.80. The summed E-state index contributed by atoms with van der Waals surface area (Å²) in [7, 11) is -3.32. The molecule has 1 heterocycles. The average Bonchev–Trinajstić information content (AvgIpc) is 2.38. The van der Waals surface area contributed by atoms with Crippen molar-refractivity contribution in [2.75, 3.05) is 13.1 Å². The number of nitrogens with two attached hydrogens (primary N) is 1. The summed E-state index contributed by atoms with van der Waals surface area (Å²) in [6.07, 6.45) is 0.969. The van der Waals surface area contributed by atoms with E-state index in [0.29, 0.717) is 32.5 Å². The summed E-state index contributed by atoms with van der Waals surface area (Å²) in [6, 6.07) is 7.32. The Bertz CT molecular complexity index is 542. The Morgan fingerprint density at radius 3 is 2.20 bits per heavy atom. The maximum absolute atomic E-state index is 12.3. The summed E-state index contributed by atoms with van der Waals surface area (Å²) in [5, 5.41) is 9.87. The van der Waals surface area contributed by atoms with E-state index in [1.807, 2.05) is 12.1 Å². The fraction of sp³-hybridized carbons (Fsp3) is 0.571. The van der Waals surface area contributed by atoms with Crippen molar-refractivity contribution in [3.63, 3.8) is 0 Å². The molecule has 0 aliphatic carbocycles. The van der Waals surface area contributed by atoms with Crippen LogP contribution < -0.4 is 5.73 Å². The lowest BCUT2D eigenvalue weighted by Crippen LogP contribution is -2.45. The van der Waals surface area contributed by atoms with Crippen molar-refractivity contribution in [3.8, 4) is 0 Å². The highest BCUT2D eigenvalue weighted by Gasteiger charge is 2.33. The SMILES string of the molecule is CC1(O)CCN(S(=O)(=O)Cc2ccc(CN)cc2)CC1. The number of nitrogens with zero attached hydrogens (tertiary/aromatic N) is 1. The van der Waals surface area contributed by atoms with Crippen LogP contribution in [-0.4, -0.2) is 36.5 Å². The smallest absolute Gasteiger partial charge is 0.218 e. The molecule has 0 spiro atoms. The first-order valence-corrected chi connectivity index (χ1v) is 8.41. The molecule has 2 rings (SSSR count). The standard InChI is InChI=1S/C14H22N2O3S/c1-14(17)6-8-16(9-7-14)20(18,19)11-13-4-2-12(10-15)3-5-13/h2-5,17H,6-11,15H2,1H3. The van der Waals surface area contributed by atoms with Crippen LogP contribution in [0.15, 0.2) is 24.3 Å². The molecule has 5 nitrogen and oxygen atoms in total. The van der Waals surface area contributed by atoms with E-state index in [-0.39, 0.29) is 5.75 Å². The molecule has 0 amide bonds. The number of benzene rings is 1. The van der Waals surface area contributed by atoms with Crippen LogP contribution >= 0.6 is 0 Å². The van der Waals surface area contributed by atoms with E-state index in [1.165, 1.54) is 4.31 Å². The Hall–Kier alpha value is -0.950. The van der Waals surface area contributed by atoms with Gasteiger partial charge in [-0.05, 0) is 30.9 Å². The van der Waals surface area contributed by atoms with Crippen molar-refractivity contribution in [1.82, 2.24) is 4.31 Å². The largest absolute Gasteiger partial charge is 0.390 e. The minimum Gasteiger partial charge on any atom is -0.390 e. The van der Waals surface area contributed by atoms with Gasteiger partial charge in [0, 0.05) is 19.6 Å². The third kappa shape index (κ3) is 3.79. The molecule has 0 radical (unpaired) electrons. The third-order valence-corrected chi connectivity index (χ3v) is 5.65. The zero-order chi connectivity index (χ0) is 14.8. The fourth-order valence-electron chi connectivity index (χ4n) is 2.32. The predicted molar refractivity (Wildman–Crippen MR) is 78.4 cm³/mol. The van der Waals surface area contributed by atoms with E-state index < -0.39 is 15.6 Å². The normalized spacial score (nSPS) is 19.9. The van der Waals surface area contributed by atoms with Crippen LogP contribution in [0, 0.1) is 0 Å². The number of piperidine rings is 1. The molecule has 1 aliphatic rings. The molecular formula is C14H22N2O3S. The molecule has 20 heavy (non-hydrogen) atoms. The van der Waals surface area contributed by atoms with Crippen LogP contribution in [0.3, 0.4) is 0 Å². The quantitative estimate of drug-likeness (QED) is 0.862. The van der Waals surface area contributed by atoms with Crippen LogP contribution in [0.1, 0.15) is 30.9 Å². The lowest BCUT2D eigenvalue weighted by atomic mass is 9.95.